The van der Waals surface area contributed by atoms with E-state index in [1.165, 1.54) is 4.90 Å². The number of carboxylic acids is 1. The average molecular weight is 252 g/mol. The van der Waals surface area contributed by atoms with Crippen LogP contribution in [0.15, 0.2) is 12.1 Å². The van der Waals surface area contributed by atoms with Crippen LogP contribution in [0, 0.1) is 6.92 Å². The van der Waals surface area contributed by atoms with Gasteiger partial charge in [-0.1, -0.05) is 0 Å². The third kappa shape index (κ3) is 2.11. The fourth-order valence-corrected chi connectivity index (χ4v) is 2.03. The SMILES string of the molecule is Cc1ccc(C(=O)N2CCOC[C@H]2C(=O)O)n1C. The minimum atomic E-state index is -1.03. The van der Waals surface area contributed by atoms with Crippen LogP contribution in [0.5, 0.6) is 0 Å². The number of amides is 1. The van der Waals surface area contributed by atoms with Gasteiger partial charge in [0.2, 0.25) is 0 Å². The van der Waals surface area contributed by atoms with Gasteiger partial charge in [-0.3, -0.25) is 4.79 Å². The van der Waals surface area contributed by atoms with Crippen molar-refractivity contribution >= 4 is 11.9 Å². The second-order valence-corrected chi connectivity index (χ2v) is 4.35. The van der Waals surface area contributed by atoms with Crippen molar-refractivity contribution in [3.05, 3.63) is 23.5 Å². The van der Waals surface area contributed by atoms with Gasteiger partial charge in [0, 0.05) is 19.3 Å². The van der Waals surface area contributed by atoms with Gasteiger partial charge >= 0.3 is 5.97 Å². The van der Waals surface area contributed by atoms with Crippen LogP contribution in [0.3, 0.4) is 0 Å². The Morgan fingerprint density at radius 3 is 2.72 bits per heavy atom. The number of carbonyl (C=O) groups excluding carboxylic acids is 1. The lowest BCUT2D eigenvalue weighted by atomic mass is 10.2. The fourth-order valence-electron chi connectivity index (χ4n) is 2.03. The first-order chi connectivity index (χ1) is 8.52. The molecule has 0 saturated carbocycles. The molecule has 0 aliphatic carbocycles. The van der Waals surface area contributed by atoms with Gasteiger partial charge in [0.15, 0.2) is 6.04 Å². The summed E-state index contributed by atoms with van der Waals surface area (Å²) in [6, 6.07) is 2.65. The molecule has 1 aromatic rings. The Balaban J connectivity index is 2.26. The van der Waals surface area contributed by atoms with E-state index in [-0.39, 0.29) is 12.5 Å². The molecule has 2 rings (SSSR count). The maximum absolute atomic E-state index is 12.3. The summed E-state index contributed by atoms with van der Waals surface area (Å²) in [5, 5.41) is 9.10. The number of aryl methyl sites for hydroxylation is 1. The number of aromatic nitrogens is 1. The van der Waals surface area contributed by atoms with Crippen LogP contribution in [0.25, 0.3) is 0 Å². The van der Waals surface area contributed by atoms with Crippen LogP contribution in [0.2, 0.25) is 0 Å². The van der Waals surface area contributed by atoms with Crippen molar-refractivity contribution in [3.8, 4) is 0 Å². The van der Waals surface area contributed by atoms with Gasteiger partial charge < -0.3 is 19.3 Å². The second-order valence-electron chi connectivity index (χ2n) is 4.35. The Morgan fingerprint density at radius 1 is 1.44 bits per heavy atom. The number of rotatable bonds is 2. The van der Waals surface area contributed by atoms with Crippen molar-refractivity contribution in [2.75, 3.05) is 19.8 Å². The van der Waals surface area contributed by atoms with Gasteiger partial charge in [-0.05, 0) is 19.1 Å². The molecule has 0 spiro atoms. The molecule has 1 saturated heterocycles. The molecule has 2 heterocycles. The van der Waals surface area contributed by atoms with Gasteiger partial charge in [0.1, 0.15) is 5.69 Å². The van der Waals surface area contributed by atoms with Crippen LogP contribution in [-0.2, 0) is 16.6 Å². The molecule has 1 N–H and O–H groups in total. The van der Waals surface area contributed by atoms with Gasteiger partial charge in [0.25, 0.3) is 5.91 Å². The maximum atomic E-state index is 12.3. The van der Waals surface area contributed by atoms with Crippen molar-refractivity contribution in [1.82, 2.24) is 9.47 Å². The second kappa shape index (κ2) is 4.81. The fraction of sp³-hybridized carbons (Fsp3) is 0.500. The normalized spacial score (nSPS) is 19.9. The predicted molar refractivity (Wildman–Crippen MR) is 63.4 cm³/mol. The highest BCUT2D eigenvalue weighted by atomic mass is 16.5. The molecule has 0 aromatic carbocycles. The zero-order valence-electron chi connectivity index (χ0n) is 10.4. The number of hydrogen-bond donors (Lipinski definition) is 1. The molecule has 0 bridgehead atoms. The van der Waals surface area contributed by atoms with Crippen molar-refractivity contribution in [3.63, 3.8) is 0 Å². The summed E-state index contributed by atoms with van der Waals surface area (Å²) in [4.78, 5) is 24.8. The summed E-state index contributed by atoms with van der Waals surface area (Å²) < 4.78 is 6.87. The van der Waals surface area contributed by atoms with E-state index in [1.54, 1.807) is 17.7 Å². The highest BCUT2D eigenvalue weighted by molar-refractivity contribution is 5.95. The minimum Gasteiger partial charge on any atom is -0.480 e. The Bertz CT molecular complexity index is 480. The van der Waals surface area contributed by atoms with E-state index in [4.69, 9.17) is 9.84 Å². The van der Waals surface area contributed by atoms with Crippen molar-refractivity contribution in [2.45, 2.75) is 13.0 Å². The summed E-state index contributed by atoms with van der Waals surface area (Å²) in [5.41, 5.74) is 1.46. The van der Waals surface area contributed by atoms with Crippen LogP contribution in [0.4, 0.5) is 0 Å². The van der Waals surface area contributed by atoms with E-state index in [0.717, 1.165) is 5.69 Å². The van der Waals surface area contributed by atoms with Gasteiger partial charge in [-0.25, -0.2) is 4.79 Å². The molecule has 1 amide bonds. The summed E-state index contributed by atoms with van der Waals surface area (Å²) in [6.07, 6.45) is 0. The van der Waals surface area contributed by atoms with Crippen LogP contribution in [0.1, 0.15) is 16.2 Å². The summed E-state index contributed by atoms with van der Waals surface area (Å²) >= 11 is 0. The zero-order valence-corrected chi connectivity index (χ0v) is 10.4. The lowest BCUT2D eigenvalue weighted by Crippen LogP contribution is -2.52. The predicted octanol–water partition coefficient (Wildman–Crippen LogP) is 0.259. The van der Waals surface area contributed by atoms with Crippen molar-refractivity contribution < 1.29 is 19.4 Å². The topological polar surface area (TPSA) is 71.8 Å². The Labute approximate surface area is 105 Å². The third-order valence-electron chi connectivity index (χ3n) is 3.27. The van der Waals surface area contributed by atoms with Crippen LogP contribution >= 0.6 is 0 Å². The average Bonchev–Trinajstić information content (AvgIpc) is 2.69. The van der Waals surface area contributed by atoms with E-state index >= 15 is 0 Å². The van der Waals surface area contributed by atoms with E-state index in [0.29, 0.717) is 18.8 Å². The number of morpholine rings is 1. The minimum absolute atomic E-state index is 0.0461. The Hall–Kier alpha value is -1.82. The molecule has 6 heteroatoms. The molecule has 0 unspecified atom stereocenters. The number of carboxylic acid groups (broad SMARTS) is 1. The molecular formula is C12H16N2O4. The standard InChI is InChI=1S/C12H16N2O4/c1-8-3-4-9(13(8)2)11(15)14-5-6-18-7-10(14)12(16)17/h3-4,10H,5-7H2,1-2H3,(H,16,17)/t10-/m0/s1. The van der Waals surface area contributed by atoms with E-state index in [1.807, 2.05) is 13.0 Å². The number of carbonyl (C=O) groups is 2. The summed E-state index contributed by atoms with van der Waals surface area (Å²) in [5.74, 6) is -1.30. The molecule has 1 aliphatic rings. The molecule has 6 nitrogen and oxygen atoms in total. The van der Waals surface area contributed by atoms with Gasteiger partial charge in [-0.2, -0.15) is 0 Å². The number of ether oxygens (including phenoxy) is 1. The first-order valence-electron chi connectivity index (χ1n) is 5.76. The maximum Gasteiger partial charge on any atom is 0.328 e. The molecule has 1 atom stereocenters. The van der Waals surface area contributed by atoms with E-state index in [2.05, 4.69) is 0 Å². The first kappa shape index (κ1) is 12.6. The Morgan fingerprint density at radius 2 is 2.17 bits per heavy atom. The highest BCUT2D eigenvalue weighted by Crippen LogP contribution is 2.14. The third-order valence-corrected chi connectivity index (χ3v) is 3.27. The molecular weight excluding hydrogens is 236 g/mol. The molecule has 0 radical (unpaired) electrons. The molecule has 18 heavy (non-hydrogen) atoms. The molecule has 1 aromatic heterocycles. The quantitative estimate of drug-likeness (QED) is 0.819. The first-order valence-corrected chi connectivity index (χ1v) is 5.76. The number of hydrogen-bond acceptors (Lipinski definition) is 3. The van der Waals surface area contributed by atoms with E-state index < -0.39 is 12.0 Å². The van der Waals surface area contributed by atoms with Gasteiger partial charge in [-0.15, -0.1) is 0 Å². The smallest absolute Gasteiger partial charge is 0.328 e. The van der Waals surface area contributed by atoms with E-state index in [9.17, 15) is 9.59 Å². The summed E-state index contributed by atoms with van der Waals surface area (Å²) in [6.45, 7) is 2.62. The van der Waals surface area contributed by atoms with Gasteiger partial charge in [0.05, 0.1) is 13.2 Å². The number of aliphatic carboxylic acids is 1. The van der Waals surface area contributed by atoms with Crippen LogP contribution in [-0.4, -0.2) is 52.3 Å². The molecule has 1 aliphatic heterocycles. The number of nitrogens with zero attached hydrogens (tertiary/aromatic N) is 2. The largest absolute Gasteiger partial charge is 0.480 e. The van der Waals surface area contributed by atoms with Crippen molar-refractivity contribution in [2.24, 2.45) is 7.05 Å². The summed E-state index contributed by atoms with van der Waals surface area (Å²) in [7, 11) is 1.79. The van der Waals surface area contributed by atoms with Crippen molar-refractivity contribution in [1.29, 1.82) is 0 Å². The lowest BCUT2D eigenvalue weighted by molar-refractivity contribution is -0.147. The highest BCUT2D eigenvalue weighted by Gasteiger charge is 2.34. The lowest BCUT2D eigenvalue weighted by Gasteiger charge is -2.32. The molecule has 98 valence electrons. The molecule has 1 fully saturated rings. The monoisotopic (exact) mass is 252 g/mol. The van der Waals surface area contributed by atoms with Crippen LogP contribution < -0.4 is 0 Å². The Kier molecular flexibility index (Phi) is 3.38. The zero-order chi connectivity index (χ0) is 13.3.